The van der Waals surface area contributed by atoms with Gasteiger partial charge in [-0.05, 0) is 43.9 Å². The number of nitrogens with one attached hydrogen (secondary N) is 1. The van der Waals surface area contributed by atoms with Crippen molar-refractivity contribution in [3.63, 3.8) is 0 Å². The Hall–Kier alpha value is -1.36. The summed E-state index contributed by atoms with van der Waals surface area (Å²) in [6, 6.07) is 7.73. The van der Waals surface area contributed by atoms with E-state index in [0.717, 1.165) is 10.0 Å². The summed E-state index contributed by atoms with van der Waals surface area (Å²) in [6.07, 6.45) is 1.71. The van der Waals surface area contributed by atoms with Crippen molar-refractivity contribution in [3.8, 4) is 0 Å². The average molecular weight is 340 g/mol. The molecule has 0 bridgehead atoms. The van der Waals surface area contributed by atoms with Crippen molar-refractivity contribution in [2.45, 2.75) is 32.2 Å². The summed E-state index contributed by atoms with van der Waals surface area (Å²) in [7, 11) is 0. The number of rotatable bonds is 4. The van der Waals surface area contributed by atoms with Crippen LogP contribution in [0.1, 0.15) is 37.8 Å². The van der Waals surface area contributed by atoms with Crippen LogP contribution < -0.4 is 5.32 Å². The van der Waals surface area contributed by atoms with Crippen LogP contribution in [0.4, 0.5) is 0 Å². The van der Waals surface area contributed by atoms with Crippen molar-refractivity contribution >= 4 is 27.8 Å². The van der Waals surface area contributed by atoms with E-state index in [1.807, 2.05) is 31.2 Å². The predicted molar refractivity (Wildman–Crippen MR) is 79.2 cm³/mol. The van der Waals surface area contributed by atoms with Crippen LogP contribution >= 0.6 is 15.9 Å². The highest BCUT2D eigenvalue weighted by Gasteiger charge is 2.34. The number of hydrogen-bond acceptors (Lipinski definition) is 2. The maximum Gasteiger partial charge on any atom is 0.306 e. The van der Waals surface area contributed by atoms with E-state index in [1.54, 1.807) is 0 Å². The molecule has 1 aromatic carbocycles. The molecule has 0 unspecified atom stereocenters. The first kappa shape index (κ1) is 15.0. The van der Waals surface area contributed by atoms with Crippen molar-refractivity contribution in [3.05, 3.63) is 34.3 Å². The second-order valence-corrected chi connectivity index (χ2v) is 6.24. The van der Waals surface area contributed by atoms with Crippen LogP contribution in [0.3, 0.4) is 0 Å². The number of carbonyl (C=O) groups excluding carboxylic acids is 1. The van der Waals surface area contributed by atoms with E-state index in [-0.39, 0.29) is 23.8 Å². The normalized spacial score (nSPS) is 23.3. The smallest absolute Gasteiger partial charge is 0.306 e. The summed E-state index contributed by atoms with van der Waals surface area (Å²) in [4.78, 5) is 23.1. The molecule has 0 aromatic heterocycles. The van der Waals surface area contributed by atoms with Gasteiger partial charge in [-0.25, -0.2) is 0 Å². The van der Waals surface area contributed by atoms with E-state index < -0.39 is 5.97 Å². The number of hydrogen-bond donors (Lipinski definition) is 2. The SMILES string of the molecule is C[C@H](NC(=O)[C@@H]1CC[C@H](C(=O)O)C1)c1ccc(Br)cc1. The molecular formula is C15H18BrNO3. The lowest BCUT2D eigenvalue weighted by atomic mass is 10.0. The van der Waals surface area contributed by atoms with Crippen LogP contribution in [0.5, 0.6) is 0 Å². The molecule has 2 rings (SSSR count). The van der Waals surface area contributed by atoms with Crippen molar-refractivity contribution < 1.29 is 14.7 Å². The zero-order valence-corrected chi connectivity index (χ0v) is 12.9. The van der Waals surface area contributed by atoms with Gasteiger partial charge in [-0.15, -0.1) is 0 Å². The Morgan fingerprint density at radius 2 is 1.85 bits per heavy atom. The fraction of sp³-hybridized carbons (Fsp3) is 0.467. The third-order valence-electron chi connectivity index (χ3n) is 3.88. The van der Waals surface area contributed by atoms with Gasteiger partial charge in [0, 0.05) is 10.4 Å². The number of carbonyl (C=O) groups is 2. The summed E-state index contributed by atoms with van der Waals surface area (Å²) < 4.78 is 1.000. The maximum absolute atomic E-state index is 12.2. The van der Waals surface area contributed by atoms with Gasteiger partial charge in [0.1, 0.15) is 0 Å². The van der Waals surface area contributed by atoms with Gasteiger partial charge in [-0.3, -0.25) is 9.59 Å². The number of benzene rings is 1. The minimum Gasteiger partial charge on any atom is -0.481 e. The van der Waals surface area contributed by atoms with E-state index in [2.05, 4.69) is 21.2 Å². The molecule has 4 nitrogen and oxygen atoms in total. The van der Waals surface area contributed by atoms with Crippen molar-refractivity contribution in [1.29, 1.82) is 0 Å². The molecule has 0 saturated heterocycles. The van der Waals surface area contributed by atoms with Gasteiger partial charge in [0.05, 0.1) is 12.0 Å². The Balaban J connectivity index is 1.91. The van der Waals surface area contributed by atoms with Gasteiger partial charge in [0.2, 0.25) is 5.91 Å². The van der Waals surface area contributed by atoms with Crippen molar-refractivity contribution in [1.82, 2.24) is 5.32 Å². The number of halogens is 1. The Morgan fingerprint density at radius 3 is 2.40 bits per heavy atom. The van der Waals surface area contributed by atoms with Crippen LogP contribution in [0, 0.1) is 11.8 Å². The van der Waals surface area contributed by atoms with Crippen molar-refractivity contribution in [2.75, 3.05) is 0 Å². The lowest BCUT2D eigenvalue weighted by Gasteiger charge is -2.17. The summed E-state index contributed by atoms with van der Waals surface area (Å²) >= 11 is 3.38. The van der Waals surface area contributed by atoms with Gasteiger partial charge in [-0.2, -0.15) is 0 Å². The standard InChI is InChI=1S/C15H18BrNO3/c1-9(10-4-6-13(16)7-5-10)17-14(18)11-2-3-12(8-11)15(19)20/h4-7,9,11-12H,2-3,8H2,1H3,(H,17,18)(H,19,20)/t9-,11+,12-/m0/s1. The van der Waals surface area contributed by atoms with E-state index in [4.69, 9.17) is 5.11 Å². The Morgan fingerprint density at radius 1 is 1.25 bits per heavy atom. The summed E-state index contributed by atoms with van der Waals surface area (Å²) in [5.74, 6) is -1.37. The molecule has 3 atom stereocenters. The molecule has 0 heterocycles. The third-order valence-corrected chi connectivity index (χ3v) is 4.41. The molecule has 1 aromatic rings. The zero-order valence-electron chi connectivity index (χ0n) is 11.3. The first-order chi connectivity index (χ1) is 9.47. The summed E-state index contributed by atoms with van der Waals surface area (Å²) in [5.41, 5.74) is 1.04. The lowest BCUT2D eigenvalue weighted by Crippen LogP contribution is -2.32. The van der Waals surface area contributed by atoms with Crippen LogP contribution in [0.2, 0.25) is 0 Å². The van der Waals surface area contributed by atoms with Gasteiger partial charge < -0.3 is 10.4 Å². The molecule has 1 aliphatic carbocycles. The molecule has 1 saturated carbocycles. The molecule has 0 radical (unpaired) electrons. The first-order valence-electron chi connectivity index (χ1n) is 6.76. The van der Waals surface area contributed by atoms with Gasteiger partial charge in [-0.1, -0.05) is 28.1 Å². The predicted octanol–water partition coefficient (Wildman–Crippen LogP) is 3.13. The molecule has 2 N–H and O–H groups in total. The van der Waals surface area contributed by atoms with Crippen molar-refractivity contribution in [2.24, 2.45) is 11.8 Å². The minimum atomic E-state index is -0.791. The summed E-state index contributed by atoms with van der Waals surface area (Å²) in [6.45, 7) is 1.94. The topological polar surface area (TPSA) is 66.4 Å². The van der Waals surface area contributed by atoms with Crippen LogP contribution in [0.15, 0.2) is 28.7 Å². The van der Waals surface area contributed by atoms with Gasteiger partial charge in [0.25, 0.3) is 0 Å². The Labute approximate surface area is 126 Å². The fourth-order valence-electron chi connectivity index (χ4n) is 2.61. The van der Waals surface area contributed by atoms with Gasteiger partial charge in [0.15, 0.2) is 0 Å². The fourth-order valence-corrected chi connectivity index (χ4v) is 2.87. The first-order valence-corrected chi connectivity index (χ1v) is 7.55. The average Bonchev–Trinajstić information content (AvgIpc) is 2.89. The molecule has 108 valence electrons. The molecule has 1 aliphatic rings. The van der Waals surface area contributed by atoms with E-state index in [9.17, 15) is 9.59 Å². The monoisotopic (exact) mass is 339 g/mol. The molecule has 5 heteroatoms. The van der Waals surface area contributed by atoms with E-state index in [0.29, 0.717) is 19.3 Å². The highest BCUT2D eigenvalue weighted by molar-refractivity contribution is 9.10. The number of aliphatic carboxylic acids is 1. The second-order valence-electron chi connectivity index (χ2n) is 5.33. The Kier molecular flexibility index (Phi) is 4.81. The zero-order chi connectivity index (χ0) is 14.7. The highest BCUT2D eigenvalue weighted by atomic mass is 79.9. The Bertz CT molecular complexity index is 500. The maximum atomic E-state index is 12.2. The molecule has 0 aliphatic heterocycles. The number of amides is 1. The second kappa shape index (κ2) is 6.39. The highest BCUT2D eigenvalue weighted by Crippen LogP contribution is 2.31. The van der Waals surface area contributed by atoms with Crippen LogP contribution in [0.25, 0.3) is 0 Å². The van der Waals surface area contributed by atoms with Crippen LogP contribution in [-0.2, 0) is 9.59 Å². The van der Waals surface area contributed by atoms with E-state index in [1.165, 1.54) is 0 Å². The quantitative estimate of drug-likeness (QED) is 0.885. The molecule has 1 fully saturated rings. The molecule has 20 heavy (non-hydrogen) atoms. The summed E-state index contributed by atoms with van der Waals surface area (Å²) in [5, 5.41) is 11.9. The molecule has 1 amide bonds. The number of carboxylic acid groups (broad SMARTS) is 1. The lowest BCUT2D eigenvalue weighted by molar-refractivity contribution is -0.141. The molecular weight excluding hydrogens is 322 g/mol. The largest absolute Gasteiger partial charge is 0.481 e. The van der Waals surface area contributed by atoms with E-state index >= 15 is 0 Å². The third kappa shape index (κ3) is 3.60. The number of carboxylic acids is 1. The minimum absolute atomic E-state index is 0.0378. The molecule has 0 spiro atoms. The van der Waals surface area contributed by atoms with Gasteiger partial charge >= 0.3 is 5.97 Å². The van der Waals surface area contributed by atoms with Crippen LogP contribution in [-0.4, -0.2) is 17.0 Å².